The van der Waals surface area contributed by atoms with Crippen molar-refractivity contribution in [1.29, 1.82) is 0 Å². The number of anilines is 2. The largest absolute Gasteiger partial charge is 0.370 e. The maximum absolute atomic E-state index is 4.60. The topological polar surface area (TPSA) is 41.1 Å². The van der Waals surface area contributed by atoms with E-state index >= 15 is 0 Å². The lowest BCUT2D eigenvalue weighted by Gasteiger charge is -2.25. The highest BCUT2D eigenvalue weighted by molar-refractivity contribution is 5.58. The van der Waals surface area contributed by atoms with Crippen LogP contribution < -0.4 is 10.2 Å². The third-order valence-corrected chi connectivity index (χ3v) is 4.64. The van der Waals surface area contributed by atoms with Gasteiger partial charge in [-0.25, -0.2) is 9.97 Å². The Labute approximate surface area is 129 Å². The van der Waals surface area contributed by atoms with Gasteiger partial charge in [-0.15, -0.1) is 0 Å². The molecule has 0 radical (unpaired) electrons. The van der Waals surface area contributed by atoms with Gasteiger partial charge in [-0.1, -0.05) is 20.8 Å². The molecule has 118 valence electrons. The van der Waals surface area contributed by atoms with Crippen LogP contribution >= 0.6 is 0 Å². The zero-order valence-corrected chi connectivity index (χ0v) is 14.0. The first-order valence-electron chi connectivity index (χ1n) is 8.50. The van der Waals surface area contributed by atoms with Gasteiger partial charge in [0.25, 0.3) is 0 Å². The fraction of sp³-hybridized carbons (Fsp3) is 0.765. The lowest BCUT2D eigenvalue weighted by molar-refractivity contribution is 0.351. The molecule has 1 aliphatic heterocycles. The highest BCUT2D eigenvalue weighted by Gasteiger charge is 2.22. The van der Waals surface area contributed by atoms with E-state index in [9.17, 15) is 0 Å². The Hall–Kier alpha value is -1.32. The molecular formula is C17H30N4. The quantitative estimate of drug-likeness (QED) is 0.897. The number of hydrogen-bond donors (Lipinski definition) is 1. The number of hydrogen-bond acceptors (Lipinski definition) is 4. The molecule has 0 aliphatic carbocycles. The molecule has 4 nitrogen and oxygen atoms in total. The lowest BCUT2D eigenvalue weighted by atomic mass is 9.89. The fourth-order valence-corrected chi connectivity index (χ4v) is 3.32. The third-order valence-electron chi connectivity index (χ3n) is 4.64. The summed E-state index contributed by atoms with van der Waals surface area (Å²) >= 11 is 0. The van der Waals surface area contributed by atoms with Crippen molar-refractivity contribution in [3.05, 3.63) is 11.9 Å². The molecule has 0 saturated carbocycles. The summed E-state index contributed by atoms with van der Waals surface area (Å²) in [5.41, 5.74) is 1.27. The number of nitrogens with one attached hydrogen (secondary N) is 1. The molecule has 1 unspecified atom stereocenters. The molecule has 0 spiro atoms. The van der Waals surface area contributed by atoms with Gasteiger partial charge in [-0.3, -0.25) is 0 Å². The van der Waals surface area contributed by atoms with E-state index in [0.717, 1.165) is 49.5 Å². The van der Waals surface area contributed by atoms with Gasteiger partial charge < -0.3 is 10.2 Å². The van der Waals surface area contributed by atoms with E-state index < -0.39 is 0 Å². The van der Waals surface area contributed by atoms with E-state index in [1.807, 2.05) is 0 Å². The molecule has 0 aromatic carbocycles. The maximum Gasteiger partial charge on any atom is 0.137 e. The standard InChI is InChI=1S/C17H30N4/c1-5-15-16(18-6-2)19-12-20-17(15)21-10-7-8-14(9-11-21)13(3)4/h12-14H,5-11H2,1-4H3,(H,18,19,20). The second kappa shape index (κ2) is 7.62. The molecule has 2 rings (SSSR count). The minimum absolute atomic E-state index is 0.790. The van der Waals surface area contributed by atoms with Crippen LogP contribution in [0.3, 0.4) is 0 Å². The first-order chi connectivity index (χ1) is 10.2. The molecule has 0 bridgehead atoms. The monoisotopic (exact) mass is 290 g/mol. The predicted octanol–water partition coefficient (Wildman–Crippen LogP) is 3.73. The zero-order valence-electron chi connectivity index (χ0n) is 14.0. The summed E-state index contributed by atoms with van der Waals surface area (Å²) in [5.74, 6) is 3.80. The minimum atomic E-state index is 0.790. The van der Waals surface area contributed by atoms with Crippen molar-refractivity contribution in [1.82, 2.24) is 9.97 Å². The van der Waals surface area contributed by atoms with Gasteiger partial charge in [-0.05, 0) is 44.4 Å². The van der Waals surface area contributed by atoms with Crippen LogP contribution in [0.4, 0.5) is 11.6 Å². The van der Waals surface area contributed by atoms with Crippen LogP contribution in [0.5, 0.6) is 0 Å². The molecule has 1 N–H and O–H groups in total. The van der Waals surface area contributed by atoms with Crippen molar-refractivity contribution in [3.63, 3.8) is 0 Å². The smallest absolute Gasteiger partial charge is 0.137 e. The first-order valence-corrected chi connectivity index (χ1v) is 8.50. The molecule has 1 fully saturated rings. The Morgan fingerprint density at radius 2 is 2.05 bits per heavy atom. The summed E-state index contributed by atoms with van der Waals surface area (Å²) in [7, 11) is 0. The SMILES string of the molecule is CCNc1ncnc(N2CCCC(C(C)C)CC2)c1CC. The average molecular weight is 290 g/mol. The van der Waals surface area contributed by atoms with Gasteiger partial charge in [-0.2, -0.15) is 0 Å². The third kappa shape index (κ3) is 3.86. The summed E-state index contributed by atoms with van der Waals surface area (Å²) in [6.45, 7) is 12.2. The van der Waals surface area contributed by atoms with Crippen molar-refractivity contribution >= 4 is 11.6 Å². The van der Waals surface area contributed by atoms with Crippen LogP contribution in [-0.4, -0.2) is 29.6 Å². The van der Waals surface area contributed by atoms with Crippen LogP contribution in [0, 0.1) is 11.8 Å². The van der Waals surface area contributed by atoms with Gasteiger partial charge in [0.1, 0.15) is 18.0 Å². The second-order valence-electron chi connectivity index (χ2n) is 6.33. The van der Waals surface area contributed by atoms with E-state index in [1.165, 1.54) is 24.8 Å². The van der Waals surface area contributed by atoms with Gasteiger partial charge in [0.05, 0.1) is 0 Å². The van der Waals surface area contributed by atoms with Gasteiger partial charge in [0, 0.05) is 25.2 Å². The molecule has 1 saturated heterocycles. The van der Waals surface area contributed by atoms with E-state index in [2.05, 4.69) is 47.9 Å². The molecule has 2 heterocycles. The Kier molecular flexibility index (Phi) is 5.83. The first kappa shape index (κ1) is 16.1. The van der Waals surface area contributed by atoms with Crippen LogP contribution in [0.15, 0.2) is 6.33 Å². The van der Waals surface area contributed by atoms with Gasteiger partial charge in [0.15, 0.2) is 0 Å². The maximum atomic E-state index is 4.60. The molecule has 1 atom stereocenters. The van der Waals surface area contributed by atoms with Gasteiger partial charge >= 0.3 is 0 Å². The zero-order chi connectivity index (χ0) is 15.2. The Bertz CT molecular complexity index is 444. The molecular weight excluding hydrogens is 260 g/mol. The summed E-state index contributed by atoms with van der Waals surface area (Å²) in [5, 5.41) is 3.37. The summed E-state index contributed by atoms with van der Waals surface area (Å²) < 4.78 is 0. The van der Waals surface area contributed by atoms with Crippen molar-refractivity contribution in [3.8, 4) is 0 Å². The highest BCUT2D eigenvalue weighted by Crippen LogP contribution is 2.29. The van der Waals surface area contributed by atoms with Crippen LogP contribution in [0.2, 0.25) is 0 Å². The van der Waals surface area contributed by atoms with E-state index in [4.69, 9.17) is 0 Å². The van der Waals surface area contributed by atoms with Crippen molar-refractivity contribution in [2.45, 2.75) is 53.4 Å². The summed E-state index contributed by atoms with van der Waals surface area (Å²) in [6, 6.07) is 0. The Morgan fingerprint density at radius 1 is 1.24 bits per heavy atom. The minimum Gasteiger partial charge on any atom is -0.370 e. The molecule has 21 heavy (non-hydrogen) atoms. The second-order valence-corrected chi connectivity index (χ2v) is 6.33. The van der Waals surface area contributed by atoms with Crippen LogP contribution in [0.1, 0.15) is 52.5 Å². The van der Waals surface area contributed by atoms with Crippen LogP contribution in [-0.2, 0) is 6.42 Å². The lowest BCUT2D eigenvalue weighted by Crippen LogP contribution is -2.27. The Morgan fingerprint density at radius 3 is 2.71 bits per heavy atom. The van der Waals surface area contributed by atoms with Crippen molar-refractivity contribution in [2.24, 2.45) is 11.8 Å². The molecule has 0 amide bonds. The molecule has 4 heteroatoms. The molecule has 1 aliphatic rings. The predicted molar refractivity (Wildman–Crippen MR) is 90.0 cm³/mol. The Balaban J connectivity index is 2.19. The summed E-state index contributed by atoms with van der Waals surface area (Å²) in [6.07, 6.45) is 6.58. The van der Waals surface area contributed by atoms with Crippen molar-refractivity contribution < 1.29 is 0 Å². The average Bonchev–Trinajstić information content (AvgIpc) is 2.73. The molecule has 1 aromatic heterocycles. The number of aromatic nitrogens is 2. The van der Waals surface area contributed by atoms with E-state index in [0.29, 0.717) is 0 Å². The van der Waals surface area contributed by atoms with E-state index in [-0.39, 0.29) is 0 Å². The highest BCUT2D eigenvalue weighted by atomic mass is 15.2. The van der Waals surface area contributed by atoms with Crippen molar-refractivity contribution in [2.75, 3.05) is 29.9 Å². The normalized spacial score (nSPS) is 19.7. The molecule has 1 aromatic rings. The summed E-state index contributed by atoms with van der Waals surface area (Å²) in [4.78, 5) is 11.5. The number of rotatable bonds is 5. The van der Waals surface area contributed by atoms with E-state index in [1.54, 1.807) is 6.33 Å². The fourth-order valence-electron chi connectivity index (χ4n) is 3.32. The van der Waals surface area contributed by atoms with Gasteiger partial charge in [0.2, 0.25) is 0 Å². The van der Waals surface area contributed by atoms with Crippen LogP contribution in [0.25, 0.3) is 0 Å². The number of nitrogens with zero attached hydrogens (tertiary/aromatic N) is 3.